The van der Waals surface area contributed by atoms with Crippen LogP contribution in [0.3, 0.4) is 0 Å². The molecule has 0 saturated carbocycles. The highest BCUT2D eigenvalue weighted by Gasteiger charge is 2.28. The lowest BCUT2D eigenvalue weighted by Gasteiger charge is -2.31. The van der Waals surface area contributed by atoms with Crippen LogP contribution in [0.15, 0.2) is 24.4 Å². The summed E-state index contributed by atoms with van der Waals surface area (Å²) < 4.78 is 18.1. The maximum atomic E-state index is 5.47. The number of benzene rings is 1. The Morgan fingerprint density at radius 3 is 3.04 bits per heavy atom. The second-order valence-corrected chi connectivity index (χ2v) is 6.22. The van der Waals surface area contributed by atoms with E-state index in [1.54, 1.807) is 7.11 Å². The van der Waals surface area contributed by atoms with Gasteiger partial charge < -0.3 is 14.2 Å². The van der Waals surface area contributed by atoms with Crippen molar-refractivity contribution in [2.24, 2.45) is 7.05 Å². The Bertz CT molecular complexity index is 713. The zero-order chi connectivity index (χ0) is 15.8. The van der Waals surface area contributed by atoms with Crippen LogP contribution in [-0.4, -0.2) is 41.7 Å². The molecule has 2 aromatic rings. The van der Waals surface area contributed by atoms with Crippen molar-refractivity contribution in [3.05, 3.63) is 41.2 Å². The molecule has 0 saturated heterocycles. The highest BCUT2D eigenvalue weighted by molar-refractivity contribution is 5.44. The van der Waals surface area contributed by atoms with Crippen molar-refractivity contribution in [2.75, 3.05) is 27.1 Å². The van der Waals surface area contributed by atoms with Gasteiger partial charge in [0.05, 0.1) is 12.3 Å². The molecule has 122 valence electrons. The van der Waals surface area contributed by atoms with Crippen LogP contribution in [0, 0.1) is 0 Å². The molecule has 1 aromatic carbocycles. The van der Waals surface area contributed by atoms with Crippen molar-refractivity contribution >= 4 is 0 Å². The normalized spacial score (nSPS) is 19.8. The lowest BCUT2D eigenvalue weighted by atomic mass is 9.97. The fourth-order valence-electron chi connectivity index (χ4n) is 3.47. The predicted octanol–water partition coefficient (Wildman–Crippen LogP) is 1.89. The molecule has 4 rings (SSSR count). The van der Waals surface area contributed by atoms with Crippen molar-refractivity contribution in [3.63, 3.8) is 0 Å². The lowest BCUT2D eigenvalue weighted by molar-refractivity contribution is 0.134. The molecule has 1 aromatic heterocycles. The fraction of sp³-hybridized carbons (Fsp3) is 0.471. The van der Waals surface area contributed by atoms with Gasteiger partial charge in [-0.15, -0.1) is 0 Å². The molecule has 2 aliphatic rings. The number of nitrogens with zero attached hydrogens (tertiary/aromatic N) is 3. The van der Waals surface area contributed by atoms with Gasteiger partial charge in [-0.05, 0) is 17.7 Å². The maximum Gasteiger partial charge on any atom is 0.231 e. The minimum Gasteiger partial charge on any atom is -0.454 e. The van der Waals surface area contributed by atoms with E-state index in [9.17, 15) is 0 Å². The molecule has 0 fully saturated rings. The van der Waals surface area contributed by atoms with Crippen LogP contribution in [0.5, 0.6) is 11.5 Å². The van der Waals surface area contributed by atoms with Crippen molar-refractivity contribution in [2.45, 2.75) is 19.0 Å². The van der Waals surface area contributed by atoms with Gasteiger partial charge in [0, 0.05) is 51.5 Å². The van der Waals surface area contributed by atoms with Crippen LogP contribution in [-0.2, 0) is 24.9 Å². The van der Waals surface area contributed by atoms with Gasteiger partial charge in [0.2, 0.25) is 6.79 Å². The number of aromatic nitrogens is 2. The van der Waals surface area contributed by atoms with Crippen molar-refractivity contribution in [1.82, 2.24) is 14.7 Å². The topological polar surface area (TPSA) is 48.8 Å². The summed E-state index contributed by atoms with van der Waals surface area (Å²) in [6, 6.07) is 6.17. The number of aryl methyl sites for hydroxylation is 1. The molecular weight excluding hydrogens is 294 g/mol. The summed E-state index contributed by atoms with van der Waals surface area (Å²) in [7, 11) is 3.73. The minimum absolute atomic E-state index is 0.317. The van der Waals surface area contributed by atoms with Gasteiger partial charge in [-0.3, -0.25) is 9.58 Å². The third-order valence-electron chi connectivity index (χ3n) is 4.41. The first-order chi connectivity index (χ1) is 11.2. The van der Waals surface area contributed by atoms with Crippen LogP contribution >= 0.6 is 0 Å². The number of hydrogen-bond donors (Lipinski definition) is 0. The van der Waals surface area contributed by atoms with E-state index in [0.717, 1.165) is 31.1 Å². The second-order valence-electron chi connectivity index (χ2n) is 6.22. The summed E-state index contributed by atoms with van der Waals surface area (Å²) in [5.41, 5.74) is 3.70. The highest BCUT2D eigenvalue weighted by atomic mass is 16.7. The maximum absolute atomic E-state index is 5.47. The van der Waals surface area contributed by atoms with E-state index in [0.29, 0.717) is 19.3 Å². The number of rotatable bonds is 4. The Hall–Kier alpha value is -2.05. The molecule has 0 amide bonds. The van der Waals surface area contributed by atoms with Crippen molar-refractivity contribution < 1.29 is 14.2 Å². The third-order valence-corrected chi connectivity index (χ3v) is 4.41. The van der Waals surface area contributed by atoms with Gasteiger partial charge in [-0.1, -0.05) is 6.07 Å². The largest absolute Gasteiger partial charge is 0.454 e. The number of methoxy groups -OCH3 is 1. The molecule has 1 unspecified atom stereocenters. The van der Waals surface area contributed by atoms with Gasteiger partial charge in [0.1, 0.15) is 0 Å². The molecule has 3 heterocycles. The van der Waals surface area contributed by atoms with E-state index >= 15 is 0 Å². The van der Waals surface area contributed by atoms with E-state index in [1.165, 1.54) is 16.8 Å². The van der Waals surface area contributed by atoms with E-state index in [1.807, 2.05) is 17.8 Å². The molecular formula is C17H21N3O3. The Labute approximate surface area is 135 Å². The van der Waals surface area contributed by atoms with Gasteiger partial charge >= 0.3 is 0 Å². The van der Waals surface area contributed by atoms with E-state index < -0.39 is 0 Å². The highest BCUT2D eigenvalue weighted by Crippen LogP contribution is 2.34. The summed E-state index contributed by atoms with van der Waals surface area (Å²) in [5.74, 6) is 1.99. The van der Waals surface area contributed by atoms with Crippen molar-refractivity contribution in [3.8, 4) is 11.5 Å². The van der Waals surface area contributed by atoms with E-state index in [-0.39, 0.29) is 0 Å². The second kappa shape index (κ2) is 5.86. The van der Waals surface area contributed by atoms with Crippen LogP contribution in [0.1, 0.15) is 22.7 Å². The number of hydrogen-bond acceptors (Lipinski definition) is 5. The average molecular weight is 315 g/mol. The number of ether oxygens (including phenoxy) is 3. The summed E-state index contributed by atoms with van der Waals surface area (Å²) in [4.78, 5) is 2.44. The zero-order valence-corrected chi connectivity index (χ0v) is 13.5. The van der Waals surface area contributed by atoms with Gasteiger partial charge in [0.15, 0.2) is 11.5 Å². The average Bonchev–Trinajstić information content (AvgIpc) is 3.12. The summed E-state index contributed by atoms with van der Waals surface area (Å²) in [6.07, 6.45) is 2.11. The fourth-order valence-corrected chi connectivity index (χ4v) is 3.47. The summed E-state index contributed by atoms with van der Waals surface area (Å²) in [6.45, 7) is 3.76. The first kappa shape index (κ1) is 14.5. The third kappa shape index (κ3) is 2.80. The first-order valence-electron chi connectivity index (χ1n) is 7.85. The molecule has 6 nitrogen and oxygen atoms in total. The quantitative estimate of drug-likeness (QED) is 0.862. The summed E-state index contributed by atoms with van der Waals surface area (Å²) in [5, 5.41) is 4.61. The van der Waals surface area contributed by atoms with Gasteiger partial charge in [0.25, 0.3) is 0 Å². The van der Waals surface area contributed by atoms with E-state index in [2.05, 4.69) is 28.3 Å². The molecule has 0 spiro atoms. The lowest BCUT2D eigenvalue weighted by Crippen LogP contribution is -2.34. The molecule has 6 heteroatoms. The van der Waals surface area contributed by atoms with Gasteiger partial charge in [-0.2, -0.15) is 5.10 Å². The Morgan fingerprint density at radius 2 is 2.17 bits per heavy atom. The van der Waals surface area contributed by atoms with E-state index in [4.69, 9.17) is 14.2 Å². The van der Waals surface area contributed by atoms with Crippen LogP contribution < -0.4 is 9.47 Å². The monoisotopic (exact) mass is 315 g/mol. The smallest absolute Gasteiger partial charge is 0.231 e. The Balaban J connectivity index is 1.53. The molecule has 23 heavy (non-hydrogen) atoms. The standard InChI is InChI=1S/C17H21N3O3/c1-19-7-13-8-20(9-14(10-21-2)17(13)18-19)6-12-3-4-15-16(5-12)23-11-22-15/h3-5,7,14H,6,8-11H2,1-2H3. The van der Waals surface area contributed by atoms with Crippen LogP contribution in [0.2, 0.25) is 0 Å². The zero-order valence-electron chi connectivity index (χ0n) is 13.5. The molecule has 1 atom stereocenters. The minimum atomic E-state index is 0.317. The Kier molecular flexibility index (Phi) is 3.71. The summed E-state index contributed by atoms with van der Waals surface area (Å²) >= 11 is 0. The number of fused-ring (bicyclic) bond motifs is 2. The van der Waals surface area contributed by atoms with Crippen LogP contribution in [0.4, 0.5) is 0 Å². The predicted molar refractivity (Wildman–Crippen MR) is 84.5 cm³/mol. The molecule has 0 radical (unpaired) electrons. The molecule has 0 N–H and O–H groups in total. The van der Waals surface area contributed by atoms with Crippen molar-refractivity contribution in [1.29, 1.82) is 0 Å². The molecule has 0 aliphatic carbocycles. The molecule has 0 bridgehead atoms. The molecule has 2 aliphatic heterocycles. The first-order valence-corrected chi connectivity index (χ1v) is 7.85. The van der Waals surface area contributed by atoms with Crippen LogP contribution in [0.25, 0.3) is 0 Å². The SMILES string of the molecule is COCC1CN(Cc2ccc3c(c2)OCO3)Cc2cn(C)nc21. The Morgan fingerprint density at radius 1 is 1.30 bits per heavy atom. The van der Waals surface area contributed by atoms with Gasteiger partial charge in [-0.25, -0.2) is 0 Å².